The van der Waals surface area contributed by atoms with Gasteiger partial charge in [0.15, 0.2) is 0 Å². The summed E-state index contributed by atoms with van der Waals surface area (Å²) in [5.41, 5.74) is 0.205. The maximum atomic E-state index is 13.2. The summed E-state index contributed by atoms with van der Waals surface area (Å²) in [4.78, 5) is 50.7. The number of aromatic nitrogens is 3. The number of unbranched alkanes of at least 4 members (excludes halogenated alkanes) is 2. The minimum atomic E-state index is -4.67. The molecule has 10 nitrogen and oxygen atoms in total. The molecular formula is C29H33ClF3N7O3. The smallest absolute Gasteiger partial charge is 0.346 e. The van der Waals surface area contributed by atoms with Crippen LogP contribution < -0.4 is 16.0 Å². The van der Waals surface area contributed by atoms with Crippen molar-refractivity contribution in [2.24, 2.45) is 5.92 Å². The molecule has 0 saturated carbocycles. The number of Topliss-reactive ketones (excluding diaryl/α,β-unsaturated/α-hetero) is 1. The maximum absolute atomic E-state index is 13.2. The number of carbonyl (C=O) groups is 3. The number of imidazole rings is 1. The number of nitrogens with zero attached hydrogens (tertiary/aromatic N) is 3. The predicted molar refractivity (Wildman–Crippen MR) is 157 cm³/mol. The van der Waals surface area contributed by atoms with Crippen LogP contribution in [-0.4, -0.2) is 57.7 Å². The fraction of sp³-hybridized carbons (Fsp3) is 0.414. The molecule has 3 heterocycles. The molecule has 230 valence electrons. The van der Waals surface area contributed by atoms with Crippen LogP contribution in [0.3, 0.4) is 0 Å². The van der Waals surface area contributed by atoms with Gasteiger partial charge in [0.25, 0.3) is 0 Å². The number of hydrogen-bond acceptors (Lipinski definition) is 6. The summed E-state index contributed by atoms with van der Waals surface area (Å²) in [5.74, 6) is 0.590. The fourth-order valence-electron chi connectivity index (χ4n) is 4.74. The Hall–Kier alpha value is -3.97. The first-order valence-corrected chi connectivity index (χ1v) is 14.2. The number of halogens is 4. The molecule has 14 heteroatoms. The van der Waals surface area contributed by atoms with Crippen LogP contribution in [0.2, 0.25) is 5.02 Å². The third-order valence-corrected chi connectivity index (χ3v) is 7.35. The van der Waals surface area contributed by atoms with E-state index in [2.05, 4.69) is 35.8 Å². The number of anilines is 2. The van der Waals surface area contributed by atoms with Crippen molar-refractivity contribution >= 4 is 40.7 Å². The fourth-order valence-corrected chi connectivity index (χ4v) is 4.97. The van der Waals surface area contributed by atoms with Gasteiger partial charge in [0, 0.05) is 37.1 Å². The Morgan fingerprint density at radius 1 is 1.07 bits per heavy atom. The van der Waals surface area contributed by atoms with Crippen LogP contribution in [0.5, 0.6) is 0 Å². The van der Waals surface area contributed by atoms with Gasteiger partial charge in [-0.3, -0.25) is 9.78 Å². The van der Waals surface area contributed by atoms with Crippen LogP contribution in [0.4, 0.5) is 29.3 Å². The van der Waals surface area contributed by atoms with Gasteiger partial charge in [-0.05, 0) is 57.1 Å². The molecule has 0 spiro atoms. The molecule has 0 radical (unpaired) electrons. The second-order valence-corrected chi connectivity index (χ2v) is 11.1. The van der Waals surface area contributed by atoms with Gasteiger partial charge in [0.2, 0.25) is 5.91 Å². The van der Waals surface area contributed by atoms with E-state index in [1.165, 1.54) is 18.3 Å². The van der Waals surface area contributed by atoms with Crippen LogP contribution >= 0.6 is 11.6 Å². The number of H-pyrrole nitrogens is 1. The number of amides is 3. The van der Waals surface area contributed by atoms with E-state index in [1.807, 2.05) is 7.05 Å². The van der Waals surface area contributed by atoms with Gasteiger partial charge in [-0.15, -0.1) is 0 Å². The van der Waals surface area contributed by atoms with Crippen molar-refractivity contribution in [3.05, 3.63) is 59.1 Å². The summed E-state index contributed by atoms with van der Waals surface area (Å²) >= 11 is 5.65. The number of rotatable bonds is 12. The zero-order chi connectivity index (χ0) is 31.1. The van der Waals surface area contributed by atoms with Crippen molar-refractivity contribution in [1.82, 2.24) is 25.2 Å². The van der Waals surface area contributed by atoms with Gasteiger partial charge in [-0.25, -0.2) is 9.78 Å². The Bertz CT molecular complexity index is 1460. The highest BCUT2D eigenvalue weighted by molar-refractivity contribution is 6.31. The quantitative estimate of drug-likeness (QED) is 0.183. The molecule has 3 amide bonds. The zero-order valence-electron chi connectivity index (χ0n) is 23.7. The lowest BCUT2D eigenvalue weighted by Crippen LogP contribution is -2.52. The normalized spacial score (nSPS) is 14.6. The Labute approximate surface area is 251 Å². The van der Waals surface area contributed by atoms with E-state index in [-0.39, 0.29) is 29.3 Å². The Balaban J connectivity index is 1.42. The average molecular weight is 620 g/mol. The maximum Gasteiger partial charge on any atom is 0.417 e. The van der Waals surface area contributed by atoms with E-state index in [0.717, 1.165) is 31.4 Å². The molecule has 1 aliphatic heterocycles. The summed E-state index contributed by atoms with van der Waals surface area (Å²) < 4.78 is 39.5. The molecule has 0 unspecified atom stereocenters. The van der Waals surface area contributed by atoms with E-state index in [1.54, 1.807) is 19.2 Å². The number of nitrogens with one attached hydrogen (secondary N) is 4. The highest BCUT2D eigenvalue weighted by Gasteiger charge is 2.34. The lowest BCUT2D eigenvalue weighted by molar-refractivity contribution is -0.137. The molecule has 1 aromatic carbocycles. The monoisotopic (exact) mass is 619 g/mol. The summed E-state index contributed by atoms with van der Waals surface area (Å²) in [6.07, 6.45) is 1.97. The van der Waals surface area contributed by atoms with E-state index in [0.29, 0.717) is 48.8 Å². The number of benzene rings is 1. The first kappa shape index (κ1) is 32.0. The molecule has 3 aromatic rings. The predicted octanol–water partition coefficient (Wildman–Crippen LogP) is 6.05. The van der Waals surface area contributed by atoms with E-state index >= 15 is 0 Å². The molecule has 1 atom stereocenters. The minimum Gasteiger partial charge on any atom is -0.346 e. The molecule has 0 aliphatic carbocycles. The lowest BCUT2D eigenvalue weighted by atomic mass is 9.99. The molecule has 1 aliphatic rings. The van der Waals surface area contributed by atoms with Gasteiger partial charge >= 0.3 is 12.2 Å². The van der Waals surface area contributed by atoms with Crippen molar-refractivity contribution in [2.75, 3.05) is 30.8 Å². The highest BCUT2D eigenvalue weighted by Crippen LogP contribution is 2.36. The number of hydrogen-bond donors (Lipinski definition) is 4. The lowest BCUT2D eigenvalue weighted by Gasteiger charge is -2.35. The molecule has 4 rings (SSSR count). The molecule has 2 aromatic heterocycles. The minimum absolute atomic E-state index is 0.0387. The number of ketones is 1. The van der Waals surface area contributed by atoms with Gasteiger partial charge < -0.3 is 30.6 Å². The summed E-state index contributed by atoms with van der Waals surface area (Å²) in [6.45, 7) is 2.96. The molecule has 43 heavy (non-hydrogen) atoms. The molecule has 1 fully saturated rings. The largest absolute Gasteiger partial charge is 0.417 e. The highest BCUT2D eigenvalue weighted by atomic mass is 35.5. The molecule has 0 bridgehead atoms. The molecule has 4 N–H and O–H groups in total. The van der Waals surface area contributed by atoms with Crippen LogP contribution in [0, 0.1) is 5.92 Å². The number of urea groups is 1. The van der Waals surface area contributed by atoms with E-state index in [9.17, 15) is 27.6 Å². The summed E-state index contributed by atoms with van der Waals surface area (Å²) in [5, 5.41) is 7.59. The third kappa shape index (κ3) is 9.01. The summed E-state index contributed by atoms with van der Waals surface area (Å²) in [6, 6.07) is 5.08. The second-order valence-electron chi connectivity index (χ2n) is 10.7. The Morgan fingerprint density at radius 3 is 2.47 bits per heavy atom. The Morgan fingerprint density at radius 2 is 1.79 bits per heavy atom. The van der Waals surface area contributed by atoms with Crippen LogP contribution in [0.25, 0.3) is 11.4 Å². The van der Waals surface area contributed by atoms with Crippen molar-refractivity contribution in [3.8, 4) is 11.4 Å². The second kappa shape index (κ2) is 14.0. The number of pyridine rings is 1. The number of carbonyl (C=O) groups excluding carboxylic acids is 3. The SMILES string of the molecule is CC(=O)CCCCC[C@H](NC(=O)C1CN(C)C1)c1ncc(-c2cc(NC(=O)Nc3ccc(Cl)c(C(F)(F)F)c3)ccn2)[nH]1. The first-order chi connectivity index (χ1) is 20.4. The standard InChI is InChI=1S/C29H33ClF3N7O3/c1-17(41)6-4-3-5-7-23(39-27(42)18-15-40(2)16-18)26-35-14-25(38-26)24-13-20(10-11-34-24)37-28(43)36-19-8-9-22(30)21(12-19)29(31,32)33/h8-14,18,23H,3-7,15-16H2,1-2H3,(H,35,38)(H,39,42)(H2,34,36,37,43)/t23-/m0/s1. The number of aromatic amines is 1. The summed E-state index contributed by atoms with van der Waals surface area (Å²) in [7, 11) is 1.95. The van der Waals surface area contributed by atoms with Gasteiger partial charge in [-0.2, -0.15) is 13.2 Å². The Kier molecular flexibility index (Phi) is 10.4. The molecular weight excluding hydrogens is 587 g/mol. The van der Waals surface area contributed by atoms with Crippen molar-refractivity contribution in [2.45, 2.75) is 51.2 Å². The van der Waals surface area contributed by atoms with Gasteiger partial charge in [0.05, 0.1) is 40.1 Å². The van der Waals surface area contributed by atoms with Crippen LogP contribution in [0.1, 0.15) is 56.5 Å². The molecule has 1 saturated heterocycles. The van der Waals surface area contributed by atoms with Gasteiger partial charge in [0.1, 0.15) is 11.6 Å². The topological polar surface area (TPSA) is 132 Å². The average Bonchev–Trinajstić information content (AvgIpc) is 3.41. The van der Waals surface area contributed by atoms with Crippen LogP contribution in [0.15, 0.2) is 42.7 Å². The zero-order valence-corrected chi connectivity index (χ0v) is 24.5. The van der Waals surface area contributed by atoms with Gasteiger partial charge in [-0.1, -0.05) is 24.4 Å². The third-order valence-electron chi connectivity index (χ3n) is 7.02. The van der Waals surface area contributed by atoms with Crippen LogP contribution in [-0.2, 0) is 15.8 Å². The van der Waals surface area contributed by atoms with E-state index < -0.39 is 22.8 Å². The number of alkyl halides is 3. The van der Waals surface area contributed by atoms with Crippen molar-refractivity contribution in [3.63, 3.8) is 0 Å². The number of likely N-dealkylation sites (tertiary alicyclic amines) is 1. The van der Waals surface area contributed by atoms with Crippen molar-refractivity contribution < 1.29 is 27.6 Å². The first-order valence-electron chi connectivity index (χ1n) is 13.8. The van der Waals surface area contributed by atoms with E-state index in [4.69, 9.17) is 11.6 Å². The van der Waals surface area contributed by atoms with Crippen molar-refractivity contribution in [1.29, 1.82) is 0 Å².